The number of nitrogens with two attached hydrogens (primary N) is 1. The zero-order valence-corrected chi connectivity index (χ0v) is 13.8. The third-order valence-corrected chi connectivity index (χ3v) is 2.51. The van der Waals surface area contributed by atoms with Gasteiger partial charge in [0.2, 0.25) is 5.91 Å². The second kappa shape index (κ2) is 10.9. The van der Waals surface area contributed by atoms with Crippen molar-refractivity contribution >= 4 is 36.5 Å². The molecule has 1 unspecified atom stereocenters. The Labute approximate surface area is 132 Å². The van der Waals surface area contributed by atoms with Crippen LogP contribution < -0.4 is 11.1 Å². The first-order valence-electron chi connectivity index (χ1n) is 6.21. The van der Waals surface area contributed by atoms with E-state index < -0.39 is 0 Å². The molecule has 0 bridgehead atoms. The average molecular weight is 326 g/mol. The van der Waals surface area contributed by atoms with Crippen molar-refractivity contribution in [2.45, 2.75) is 32.4 Å². The molecule has 8 heteroatoms. The Morgan fingerprint density at radius 1 is 1.50 bits per heavy atom. The highest BCUT2D eigenvalue weighted by molar-refractivity contribution is 5.89. The van der Waals surface area contributed by atoms with Gasteiger partial charge in [-0.05, 0) is 27.4 Å². The lowest BCUT2D eigenvalue weighted by Crippen LogP contribution is -2.20. The van der Waals surface area contributed by atoms with E-state index in [4.69, 9.17) is 5.73 Å². The lowest BCUT2D eigenvalue weighted by atomic mass is 10.2. The van der Waals surface area contributed by atoms with E-state index in [0.717, 1.165) is 13.1 Å². The normalized spacial score (nSPS) is 11.4. The molecule has 0 spiro atoms. The van der Waals surface area contributed by atoms with Gasteiger partial charge >= 0.3 is 0 Å². The summed E-state index contributed by atoms with van der Waals surface area (Å²) in [4.78, 5) is 13.7. The summed E-state index contributed by atoms with van der Waals surface area (Å²) >= 11 is 0. The van der Waals surface area contributed by atoms with E-state index in [1.807, 2.05) is 31.9 Å². The molecule has 0 aliphatic carbocycles. The first-order valence-corrected chi connectivity index (χ1v) is 6.21. The van der Waals surface area contributed by atoms with E-state index in [-0.39, 0.29) is 36.8 Å². The van der Waals surface area contributed by atoms with E-state index in [1.54, 1.807) is 6.07 Å². The van der Waals surface area contributed by atoms with Crippen LogP contribution in [0.2, 0.25) is 0 Å². The molecule has 118 valence electrons. The number of hydrogen-bond donors (Lipinski definition) is 2. The molecule has 1 amide bonds. The van der Waals surface area contributed by atoms with Gasteiger partial charge in [-0.1, -0.05) is 0 Å². The SMILES string of the molecule is CC(N)CCC(=O)Nc1ccn(CCN(C)C)n1.Cl.Cl. The van der Waals surface area contributed by atoms with Gasteiger partial charge in [-0.2, -0.15) is 5.10 Å². The zero-order chi connectivity index (χ0) is 13.5. The number of carbonyl (C=O) groups excluding carboxylic acids is 1. The van der Waals surface area contributed by atoms with Crippen molar-refractivity contribution in [1.82, 2.24) is 14.7 Å². The number of nitrogens with one attached hydrogen (secondary N) is 1. The molecule has 0 aromatic carbocycles. The van der Waals surface area contributed by atoms with Crippen LogP contribution in [-0.2, 0) is 11.3 Å². The first-order chi connectivity index (χ1) is 8.47. The maximum atomic E-state index is 11.6. The number of hydrogen-bond acceptors (Lipinski definition) is 4. The lowest BCUT2D eigenvalue weighted by molar-refractivity contribution is -0.116. The molecule has 20 heavy (non-hydrogen) atoms. The van der Waals surface area contributed by atoms with E-state index >= 15 is 0 Å². The molecular formula is C12H25Cl2N5O. The van der Waals surface area contributed by atoms with Crippen molar-refractivity contribution in [3.8, 4) is 0 Å². The monoisotopic (exact) mass is 325 g/mol. The molecular weight excluding hydrogens is 301 g/mol. The Bertz CT molecular complexity index is 382. The van der Waals surface area contributed by atoms with Crippen molar-refractivity contribution < 1.29 is 4.79 Å². The summed E-state index contributed by atoms with van der Waals surface area (Å²) in [6.45, 7) is 3.62. The molecule has 0 radical (unpaired) electrons. The van der Waals surface area contributed by atoms with Crippen LogP contribution in [0.5, 0.6) is 0 Å². The summed E-state index contributed by atoms with van der Waals surface area (Å²) in [5, 5.41) is 7.04. The van der Waals surface area contributed by atoms with Crippen LogP contribution in [0.3, 0.4) is 0 Å². The van der Waals surface area contributed by atoms with E-state index in [1.165, 1.54) is 0 Å². The highest BCUT2D eigenvalue weighted by Gasteiger charge is 2.06. The molecule has 1 aromatic rings. The molecule has 1 heterocycles. The molecule has 1 atom stereocenters. The van der Waals surface area contributed by atoms with Gasteiger partial charge in [0.05, 0.1) is 6.54 Å². The number of anilines is 1. The van der Waals surface area contributed by atoms with Crippen molar-refractivity contribution in [3.63, 3.8) is 0 Å². The number of amides is 1. The Hall–Kier alpha value is -0.820. The van der Waals surface area contributed by atoms with Gasteiger partial charge in [0.15, 0.2) is 5.82 Å². The molecule has 3 N–H and O–H groups in total. The second-order valence-corrected chi connectivity index (χ2v) is 4.83. The van der Waals surface area contributed by atoms with E-state index in [2.05, 4.69) is 15.3 Å². The average Bonchev–Trinajstić information content (AvgIpc) is 2.71. The van der Waals surface area contributed by atoms with E-state index in [0.29, 0.717) is 18.7 Å². The Kier molecular flexibility index (Phi) is 11.7. The maximum Gasteiger partial charge on any atom is 0.225 e. The minimum absolute atomic E-state index is 0. The fourth-order valence-corrected chi connectivity index (χ4v) is 1.42. The van der Waals surface area contributed by atoms with Gasteiger partial charge in [-0.15, -0.1) is 24.8 Å². The van der Waals surface area contributed by atoms with Crippen LogP contribution in [-0.4, -0.2) is 47.3 Å². The molecule has 6 nitrogen and oxygen atoms in total. The van der Waals surface area contributed by atoms with Gasteiger partial charge in [0.1, 0.15) is 0 Å². The van der Waals surface area contributed by atoms with Crippen molar-refractivity contribution in [2.75, 3.05) is 26.0 Å². The summed E-state index contributed by atoms with van der Waals surface area (Å²) in [5.41, 5.74) is 5.60. The van der Waals surface area contributed by atoms with Crippen molar-refractivity contribution in [1.29, 1.82) is 0 Å². The fraction of sp³-hybridized carbons (Fsp3) is 0.667. The molecule has 1 rings (SSSR count). The van der Waals surface area contributed by atoms with Gasteiger partial charge in [0, 0.05) is 31.3 Å². The van der Waals surface area contributed by atoms with Crippen molar-refractivity contribution in [3.05, 3.63) is 12.3 Å². The number of aromatic nitrogens is 2. The van der Waals surface area contributed by atoms with Gasteiger partial charge in [-0.25, -0.2) is 0 Å². The highest BCUT2D eigenvalue weighted by atomic mass is 35.5. The van der Waals surface area contributed by atoms with Gasteiger partial charge in [-0.3, -0.25) is 9.48 Å². The molecule has 0 saturated carbocycles. The summed E-state index contributed by atoms with van der Waals surface area (Å²) in [5.74, 6) is 0.564. The van der Waals surface area contributed by atoms with Crippen LogP contribution in [0.1, 0.15) is 19.8 Å². The largest absolute Gasteiger partial charge is 0.328 e. The molecule has 0 aliphatic heterocycles. The maximum absolute atomic E-state index is 11.6. The standard InChI is InChI=1S/C12H23N5O.2ClH/c1-10(13)4-5-12(18)14-11-6-7-17(15-11)9-8-16(2)3;;/h6-7,10H,4-5,8-9,13H2,1-3H3,(H,14,15,18);2*1H. The first kappa shape index (κ1) is 21.5. The minimum Gasteiger partial charge on any atom is -0.328 e. The predicted octanol–water partition coefficient (Wildman–Crippen LogP) is 1.35. The molecule has 1 aromatic heterocycles. The number of rotatable bonds is 7. The number of likely N-dealkylation sites (N-methyl/N-ethyl adjacent to an activating group) is 1. The Balaban J connectivity index is 0. The van der Waals surface area contributed by atoms with Crippen LogP contribution in [0, 0.1) is 0 Å². The highest BCUT2D eigenvalue weighted by Crippen LogP contribution is 2.04. The second-order valence-electron chi connectivity index (χ2n) is 4.83. The molecule has 0 fully saturated rings. The minimum atomic E-state index is -0.0369. The van der Waals surface area contributed by atoms with Gasteiger partial charge in [0.25, 0.3) is 0 Å². The van der Waals surface area contributed by atoms with Crippen LogP contribution in [0.15, 0.2) is 12.3 Å². The van der Waals surface area contributed by atoms with E-state index in [9.17, 15) is 4.79 Å². The molecule has 0 saturated heterocycles. The predicted molar refractivity (Wildman–Crippen MR) is 86.8 cm³/mol. The lowest BCUT2D eigenvalue weighted by Gasteiger charge is -2.08. The topological polar surface area (TPSA) is 76.2 Å². The summed E-state index contributed by atoms with van der Waals surface area (Å²) in [6.07, 6.45) is 2.99. The number of nitrogens with zero attached hydrogens (tertiary/aromatic N) is 3. The van der Waals surface area contributed by atoms with Crippen molar-refractivity contribution in [2.24, 2.45) is 5.73 Å². The fourth-order valence-electron chi connectivity index (χ4n) is 1.42. The smallest absolute Gasteiger partial charge is 0.225 e. The zero-order valence-electron chi connectivity index (χ0n) is 12.2. The third-order valence-electron chi connectivity index (χ3n) is 2.51. The number of carbonyl (C=O) groups is 1. The van der Waals surface area contributed by atoms with Gasteiger partial charge < -0.3 is 16.0 Å². The molecule has 0 aliphatic rings. The number of halogens is 2. The van der Waals surface area contributed by atoms with Crippen LogP contribution in [0.25, 0.3) is 0 Å². The summed E-state index contributed by atoms with van der Waals surface area (Å²) in [7, 11) is 4.03. The Morgan fingerprint density at radius 3 is 2.70 bits per heavy atom. The quantitative estimate of drug-likeness (QED) is 0.793. The summed E-state index contributed by atoms with van der Waals surface area (Å²) in [6, 6.07) is 1.85. The van der Waals surface area contributed by atoms with Crippen LogP contribution >= 0.6 is 24.8 Å². The van der Waals surface area contributed by atoms with Crippen LogP contribution in [0.4, 0.5) is 5.82 Å². The summed E-state index contributed by atoms with van der Waals surface area (Å²) < 4.78 is 1.82. The third kappa shape index (κ3) is 9.14. The Morgan fingerprint density at radius 2 is 2.15 bits per heavy atom.